The van der Waals surface area contributed by atoms with E-state index in [4.69, 9.17) is 5.73 Å². The molecule has 0 aliphatic rings. The van der Waals surface area contributed by atoms with Crippen molar-refractivity contribution in [3.05, 3.63) is 29.8 Å². The number of esters is 1. The van der Waals surface area contributed by atoms with Gasteiger partial charge in [0.15, 0.2) is 5.11 Å². The summed E-state index contributed by atoms with van der Waals surface area (Å²) in [5.41, 5.74) is 8.78. The zero-order valence-electron chi connectivity index (χ0n) is 11.7. The predicted octanol–water partition coefficient (Wildman–Crippen LogP) is 1.01. The van der Waals surface area contributed by atoms with Gasteiger partial charge in [-0.2, -0.15) is 5.10 Å². The maximum atomic E-state index is 11.9. The fourth-order valence-electron chi connectivity index (χ4n) is 1.50. The van der Waals surface area contributed by atoms with Crippen LogP contribution in [-0.4, -0.2) is 29.8 Å². The lowest BCUT2D eigenvalue weighted by Crippen LogP contribution is -2.26. The molecule has 1 aromatic rings. The van der Waals surface area contributed by atoms with Crippen LogP contribution in [0.1, 0.15) is 23.7 Å². The molecule has 0 atom stereocenters. The number of para-hydroxylation sites is 1. The van der Waals surface area contributed by atoms with Crippen LogP contribution >= 0.6 is 12.2 Å². The molecule has 0 spiro atoms. The number of methoxy groups -OCH3 is 1. The third-order valence-corrected chi connectivity index (χ3v) is 2.47. The van der Waals surface area contributed by atoms with Crippen molar-refractivity contribution in [2.75, 3.05) is 12.4 Å². The highest BCUT2D eigenvalue weighted by Crippen LogP contribution is 2.16. The average molecular weight is 308 g/mol. The zero-order chi connectivity index (χ0) is 15.8. The van der Waals surface area contributed by atoms with E-state index < -0.39 is 5.97 Å². The Labute approximate surface area is 127 Å². The van der Waals surface area contributed by atoms with Crippen LogP contribution in [0.5, 0.6) is 0 Å². The van der Waals surface area contributed by atoms with Crippen LogP contribution in [0.25, 0.3) is 0 Å². The summed E-state index contributed by atoms with van der Waals surface area (Å²) in [4.78, 5) is 23.5. The lowest BCUT2D eigenvalue weighted by Gasteiger charge is -2.09. The first-order chi connectivity index (χ1) is 9.93. The standard InChI is InChI=1S/C13H16N4O3S/c1-8(16-17-13(14)21)7-11(18)15-10-6-4-3-5-9(10)12(19)20-2/h3-6H,7H2,1-2H3,(H,15,18)(H3,14,17,21)/b16-8-. The van der Waals surface area contributed by atoms with E-state index in [9.17, 15) is 9.59 Å². The minimum absolute atomic E-state index is 0.0193. The van der Waals surface area contributed by atoms with E-state index in [2.05, 4.69) is 32.8 Å². The summed E-state index contributed by atoms with van der Waals surface area (Å²) in [6, 6.07) is 6.57. The number of thiocarbonyl (C=S) groups is 1. The lowest BCUT2D eigenvalue weighted by molar-refractivity contribution is -0.115. The maximum absolute atomic E-state index is 11.9. The summed E-state index contributed by atoms with van der Waals surface area (Å²) >= 11 is 4.60. The molecule has 0 aromatic heterocycles. The molecule has 1 rings (SSSR count). The van der Waals surface area contributed by atoms with Crippen LogP contribution in [0.3, 0.4) is 0 Å². The van der Waals surface area contributed by atoms with Gasteiger partial charge < -0.3 is 15.8 Å². The van der Waals surface area contributed by atoms with Gasteiger partial charge in [0.2, 0.25) is 5.91 Å². The highest BCUT2D eigenvalue weighted by atomic mass is 32.1. The molecule has 112 valence electrons. The molecule has 1 amide bonds. The topological polar surface area (TPSA) is 106 Å². The first-order valence-electron chi connectivity index (χ1n) is 6.00. The van der Waals surface area contributed by atoms with E-state index in [0.717, 1.165) is 0 Å². The van der Waals surface area contributed by atoms with Gasteiger partial charge >= 0.3 is 5.97 Å². The first-order valence-corrected chi connectivity index (χ1v) is 6.40. The Kier molecular flexibility index (Phi) is 6.28. The second-order valence-electron chi connectivity index (χ2n) is 4.09. The first kappa shape index (κ1) is 16.6. The van der Waals surface area contributed by atoms with Crippen molar-refractivity contribution in [3.8, 4) is 0 Å². The number of hydrogen-bond acceptors (Lipinski definition) is 5. The van der Waals surface area contributed by atoms with Gasteiger partial charge in [-0.3, -0.25) is 10.2 Å². The number of rotatable bonds is 5. The zero-order valence-corrected chi connectivity index (χ0v) is 12.5. The van der Waals surface area contributed by atoms with Crippen LogP contribution in [0, 0.1) is 0 Å². The second kappa shape index (κ2) is 7.95. The Morgan fingerprint density at radius 3 is 2.67 bits per heavy atom. The van der Waals surface area contributed by atoms with Crippen molar-refractivity contribution in [1.82, 2.24) is 5.43 Å². The Bertz CT molecular complexity index is 587. The molecule has 21 heavy (non-hydrogen) atoms. The van der Waals surface area contributed by atoms with E-state index in [-0.39, 0.29) is 23.0 Å². The largest absolute Gasteiger partial charge is 0.465 e. The molecule has 0 bridgehead atoms. The van der Waals surface area contributed by atoms with E-state index in [0.29, 0.717) is 11.4 Å². The van der Waals surface area contributed by atoms with Crippen LogP contribution < -0.4 is 16.5 Å². The number of hydrogen-bond donors (Lipinski definition) is 3. The minimum Gasteiger partial charge on any atom is -0.465 e. The quantitative estimate of drug-likeness (QED) is 0.324. The molecule has 0 unspecified atom stereocenters. The number of nitrogens with zero attached hydrogens (tertiary/aromatic N) is 1. The number of carbonyl (C=O) groups is 2. The molecule has 0 radical (unpaired) electrons. The molecule has 0 saturated carbocycles. The van der Waals surface area contributed by atoms with Crippen molar-refractivity contribution < 1.29 is 14.3 Å². The molecule has 0 saturated heterocycles. The Morgan fingerprint density at radius 1 is 1.38 bits per heavy atom. The number of nitrogens with one attached hydrogen (secondary N) is 2. The maximum Gasteiger partial charge on any atom is 0.339 e. The highest BCUT2D eigenvalue weighted by Gasteiger charge is 2.13. The van der Waals surface area contributed by atoms with E-state index in [1.165, 1.54) is 7.11 Å². The smallest absolute Gasteiger partial charge is 0.339 e. The summed E-state index contributed by atoms with van der Waals surface area (Å²) in [5.74, 6) is -0.844. The summed E-state index contributed by atoms with van der Waals surface area (Å²) in [7, 11) is 1.28. The molecular formula is C13H16N4O3S. The molecule has 0 aliphatic carbocycles. The minimum atomic E-state index is -0.522. The van der Waals surface area contributed by atoms with E-state index in [1.54, 1.807) is 31.2 Å². The molecule has 4 N–H and O–H groups in total. The van der Waals surface area contributed by atoms with Crippen LogP contribution in [0.2, 0.25) is 0 Å². The van der Waals surface area contributed by atoms with Crippen LogP contribution in [0.4, 0.5) is 5.69 Å². The van der Waals surface area contributed by atoms with Crippen molar-refractivity contribution in [1.29, 1.82) is 0 Å². The predicted molar refractivity (Wildman–Crippen MR) is 84.1 cm³/mol. The number of ether oxygens (including phenoxy) is 1. The number of hydrazone groups is 1. The Morgan fingerprint density at radius 2 is 2.05 bits per heavy atom. The summed E-state index contributed by atoms with van der Waals surface area (Å²) in [5, 5.41) is 6.48. The Balaban J connectivity index is 2.73. The number of amides is 1. The van der Waals surface area contributed by atoms with Crippen molar-refractivity contribution >= 4 is 40.6 Å². The highest BCUT2D eigenvalue weighted by molar-refractivity contribution is 7.80. The van der Waals surface area contributed by atoms with E-state index >= 15 is 0 Å². The summed E-state index contributed by atoms with van der Waals surface area (Å²) < 4.78 is 4.65. The normalized spacial score (nSPS) is 10.7. The molecule has 1 aromatic carbocycles. The number of carbonyl (C=O) groups excluding carboxylic acids is 2. The number of nitrogens with two attached hydrogens (primary N) is 1. The summed E-state index contributed by atoms with van der Waals surface area (Å²) in [6.45, 7) is 1.65. The van der Waals surface area contributed by atoms with Gasteiger partial charge in [0, 0.05) is 5.71 Å². The average Bonchev–Trinajstić information content (AvgIpc) is 2.44. The van der Waals surface area contributed by atoms with Crippen molar-refractivity contribution in [3.63, 3.8) is 0 Å². The fraction of sp³-hybridized carbons (Fsp3) is 0.231. The van der Waals surface area contributed by atoms with Crippen LogP contribution in [-0.2, 0) is 9.53 Å². The van der Waals surface area contributed by atoms with Gasteiger partial charge in [-0.05, 0) is 31.3 Å². The monoisotopic (exact) mass is 308 g/mol. The number of benzene rings is 1. The molecule has 0 heterocycles. The van der Waals surface area contributed by atoms with Crippen molar-refractivity contribution in [2.24, 2.45) is 10.8 Å². The van der Waals surface area contributed by atoms with Gasteiger partial charge in [0.1, 0.15) is 0 Å². The second-order valence-corrected chi connectivity index (χ2v) is 4.53. The number of anilines is 1. The fourth-order valence-corrected chi connectivity index (χ4v) is 1.54. The van der Waals surface area contributed by atoms with Gasteiger partial charge in [-0.25, -0.2) is 4.79 Å². The van der Waals surface area contributed by atoms with Gasteiger partial charge in [0.25, 0.3) is 0 Å². The molecular weight excluding hydrogens is 292 g/mol. The third kappa shape index (κ3) is 5.57. The molecule has 8 heteroatoms. The molecule has 7 nitrogen and oxygen atoms in total. The van der Waals surface area contributed by atoms with Crippen molar-refractivity contribution in [2.45, 2.75) is 13.3 Å². The molecule has 0 fully saturated rings. The van der Waals surface area contributed by atoms with Gasteiger partial charge in [-0.1, -0.05) is 12.1 Å². The Hall–Kier alpha value is -2.48. The molecule has 0 aliphatic heterocycles. The lowest BCUT2D eigenvalue weighted by atomic mass is 10.1. The summed E-state index contributed by atoms with van der Waals surface area (Å²) in [6.07, 6.45) is 0.0329. The van der Waals surface area contributed by atoms with Crippen LogP contribution in [0.15, 0.2) is 29.4 Å². The van der Waals surface area contributed by atoms with Gasteiger partial charge in [-0.15, -0.1) is 0 Å². The van der Waals surface area contributed by atoms with Gasteiger partial charge in [0.05, 0.1) is 24.8 Å². The third-order valence-electron chi connectivity index (χ3n) is 2.38. The SMILES string of the molecule is COC(=O)c1ccccc1NC(=O)C/C(C)=N\NC(N)=S. The van der Waals surface area contributed by atoms with E-state index in [1.807, 2.05) is 0 Å².